The first-order chi connectivity index (χ1) is 13.6. The number of benzene rings is 2. The van der Waals surface area contributed by atoms with E-state index in [1.165, 1.54) is 0 Å². The Morgan fingerprint density at radius 3 is 1.54 bits per heavy atom. The van der Waals surface area contributed by atoms with Crippen molar-refractivity contribution < 1.29 is 9.59 Å². The smallest absolute Gasteiger partial charge is 0.251 e. The average Bonchev–Trinajstić information content (AvgIpc) is 2.75. The summed E-state index contributed by atoms with van der Waals surface area (Å²) < 4.78 is 0. The molecule has 0 aromatic heterocycles. The van der Waals surface area contributed by atoms with E-state index in [4.69, 9.17) is 0 Å². The molecular weight excluding hydrogens is 348 g/mol. The Bertz CT molecular complexity index is 757. The third-order valence-electron chi connectivity index (χ3n) is 4.44. The van der Waals surface area contributed by atoms with Crippen molar-refractivity contribution >= 4 is 24.0 Å². The van der Waals surface area contributed by atoms with E-state index in [1.807, 2.05) is 36.4 Å². The Balaban J connectivity index is 1.56. The molecule has 0 bridgehead atoms. The van der Waals surface area contributed by atoms with Crippen LogP contribution in [0.5, 0.6) is 0 Å². The van der Waals surface area contributed by atoms with Crippen LogP contribution in [0.25, 0.3) is 12.2 Å². The van der Waals surface area contributed by atoms with E-state index >= 15 is 0 Å². The van der Waals surface area contributed by atoms with Crippen LogP contribution >= 0.6 is 0 Å². The lowest BCUT2D eigenvalue weighted by Gasteiger charge is -2.07. The molecule has 4 heteroatoms. The van der Waals surface area contributed by atoms with Crippen LogP contribution in [-0.4, -0.2) is 24.9 Å². The van der Waals surface area contributed by atoms with E-state index in [0.29, 0.717) is 24.2 Å². The lowest BCUT2D eigenvalue weighted by atomic mass is 10.1. The third-order valence-corrected chi connectivity index (χ3v) is 4.44. The fourth-order valence-corrected chi connectivity index (χ4v) is 2.83. The Hall–Kier alpha value is -3.14. The minimum atomic E-state index is -0.0577. The highest BCUT2D eigenvalue weighted by atomic mass is 16.2. The highest BCUT2D eigenvalue weighted by Crippen LogP contribution is 2.08. The predicted octanol–water partition coefficient (Wildman–Crippen LogP) is 4.69. The molecular formula is C24H28N2O2. The van der Waals surface area contributed by atoms with Crippen molar-refractivity contribution in [1.29, 1.82) is 0 Å². The normalized spacial score (nSPS) is 10.1. The number of unbranched alkanes of at least 4 members (excludes halogenated alkanes) is 3. The SMILES string of the molecule is C=Cc1cccc(C(=O)NCCCCCCNC(=O)c2cccc(C=C)c2)c1. The maximum Gasteiger partial charge on any atom is 0.251 e. The first kappa shape index (κ1) is 21.2. The van der Waals surface area contributed by atoms with Crippen LogP contribution in [0.4, 0.5) is 0 Å². The molecule has 2 aromatic carbocycles. The lowest BCUT2D eigenvalue weighted by Crippen LogP contribution is -2.25. The quantitative estimate of drug-likeness (QED) is 0.559. The van der Waals surface area contributed by atoms with Crippen LogP contribution < -0.4 is 10.6 Å². The van der Waals surface area contributed by atoms with Gasteiger partial charge < -0.3 is 10.6 Å². The van der Waals surface area contributed by atoms with Gasteiger partial charge in [-0.2, -0.15) is 0 Å². The van der Waals surface area contributed by atoms with Crippen molar-refractivity contribution in [2.45, 2.75) is 25.7 Å². The van der Waals surface area contributed by atoms with E-state index in [9.17, 15) is 9.59 Å². The van der Waals surface area contributed by atoms with Crippen LogP contribution in [0.2, 0.25) is 0 Å². The zero-order chi connectivity index (χ0) is 20.2. The summed E-state index contributed by atoms with van der Waals surface area (Å²) in [5.41, 5.74) is 3.18. The highest BCUT2D eigenvalue weighted by Gasteiger charge is 2.06. The summed E-state index contributed by atoms with van der Waals surface area (Å²) in [6.07, 6.45) is 7.31. The maximum absolute atomic E-state index is 12.1. The Labute approximate surface area is 167 Å². The van der Waals surface area contributed by atoms with Crippen LogP contribution in [-0.2, 0) is 0 Å². The number of nitrogens with one attached hydrogen (secondary N) is 2. The molecule has 0 saturated heterocycles. The molecule has 2 aromatic rings. The average molecular weight is 377 g/mol. The first-order valence-corrected chi connectivity index (χ1v) is 9.65. The highest BCUT2D eigenvalue weighted by molar-refractivity contribution is 5.95. The molecule has 0 spiro atoms. The van der Waals surface area contributed by atoms with Gasteiger partial charge in [-0.15, -0.1) is 0 Å². The molecule has 2 amide bonds. The molecule has 0 aliphatic carbocycles. The summed E-state index contributed by atoms with van der Waals surface area (Å²) in [7, 11) is 0. The van der Waals surface area contributed by atoms with E-state index in [1.54, 1.807) is 24.3 Å². The fourth-order valence-electron chi connectivity index (χ4n) is 2.83. The number of carbonyl (C=O) groups excluding carboxylic acids is 2. The van der Waals surface area contributed by atoms with Crippen molar-refractivity contribution in [2.75, 3.05) is 13.1 Å². The second kappa shape index (κ2) is 11.5. The van der Waals surface area contributed by atoms with Gasteiger partial charge in [0.05, 0.1) is 0 Å². The molecule has 0 saturated carbocycles. The molecule has 0 heterocycles. The second-order valence-electron chi connectivity index (χ2n) is 6.59. The molecule has 146 valence electrons. The molecule has 0 aliphatic heterocycles. The Morgan fingerprint density at radius 1 is 0.714 bits per heavy atom. The zero-order valence-corrected chi connectivity index (χ0v) is 16.2. The Kier molecular flexibility index (Phi) is 8.73. The van der Waals surface area contributed by atoms with E-state index in [-0.39, 0.29) is 11.8 Å². The first-order valence-electron chi connectivity index (χ1n) is 9.65. The number of hydrogen-bond donors (Lipinski definition) is 2. The van der Waals surface area contributed by atoms with Crippen LogP contribution in [0.3, 0.4) is 0 Å². The third kappa shape index (κ3) is 6.88. The fraction of sp³-hybridized carbons (Fsp3) is 0.250. The van der Waals surface area contributed by atoms with E-state index in [2.05, 4.69) is 23.8 Å². The van der Waals surface area contributed by atoms with Gasteiger partial charge in [0.2, 0.25) is 0 Å². The van der Waals surface area contributed by atoms with Crippen LogP contribution in [0, 0.1) is 0 Å². The summed E-state index contributed by atoms with van der Waals surface area (Å²) in [4.78, 5) is 24.2. The van der Waals surface area contributed by atoms with Crippen molar-refractivity contribution in [1.82, 2.24) is 10.6 Å². The summed E-state index contributed by atoms with van der Waals surface area (Å²) in [5, 5.41) is 5.88. The maximum atomic E-state index is 12.1. The van der Waals surface area contributed by atoms with Gasteiger partial charge in [-0.3, -0.25) is 9.59 Å². The standard InChI is InChI=1S/C24H28N2O2/c1-3-19-11-9-13-21(17-19)23(27)25-15-7-5-6-8-16-26-24(28)22-14-10-12-20(4-2)18-22/h3-4,9-14,17-18H,1-2,5-8,15-16H2,(H,25,27)(H,26,28). The molecule has 0 fully saturated rings. The van der Waals surface area contributed by atoms with Gasteiger partial charge in [0.25, 0.3) is 11.8 Å². The molecule has 0 atom stereocenters. The lowest BCUT2D eigenvalue weighted by molar-refractivity contribution is 0.0943. The number of carbonyl (C=O) groups is 2. The van der Waals surface area contributed by atoms with Crippen molar-refractivity contribution in [3.05, 3.63) is 83.9 Å². The molecule has 2 N–H and O–H groups in total. The topological polar surface area (TPSA) is 58.2 Å². The summed E-state index contributed by atoms with van der Waals surface area (Å²) in [5.74, 6) is -0.115. The largest absolute Gasteiger partial charge is 0.352 e. The number of hydrogen-bond acceptors (Lipinski definition) is 2. The minimum absolute atomic E-state index is 0.0577. The Morgan fingerprint density at radius 2 is 1.14 bits per heavy atom. The second-order valence-corrected chi connectivity index (χ2v) is 6.59. The van der Waals surface area contributed by atoms with E-state index < -0.39 is 0 Å². The minimum Gasteiger partial charge on any atom is -0.352 e. The molecule has 0 unspecified atom stereocenters. The predicted molar refractivity (Wildman–Crippen MR) is 116 cm³/mol. The molecule has 0 aliphatic rings. The van der Waals surface area contributed by atoms with Gasteiger partial charge in [0.1, 0.15) is 0 Å². The van der Waals surface area contributed by atoms with Crippen molar-refractivity contribution in [2.24, 2.45) is 0 Å². The molecule has 2 rings (SSSR count). The van der Waals surface area contributed by atoms with Crippen LogP contribution in [0.15, 0.2) is 61.7 Å². The van der Waals surface area contributed by atoms with Crippen LogP contribution in [0.1, 0.15) is 57.5 Å². The monoisotopic (exact) mass is 376 g/mol. The van der Waals surface area contributed by atoms with Gasteiger partial charge in [-0.05, 0) is 48.2 Å². The molecule has 28 heavy (non-hydrogen) atoms. The van der Waals surface area contributed by atoms with Gasteiger partial charge in [0, 0.05) is 24.2 Å². The number of rotatable bonds is 11. The molecule has 0 radical (unpaired) electrons. The van der Waals surface area contributed by atoms with Gasteiger partial charge in [-0.1, -0.05) is 62.4 Å². The van der Waals surface area contributed by atoms with Gasteiger partial charge in [-0.25, -0.2) is 0 Å². The summed E-state index contributed by atoms with van der Waals surface area (Å²) >= 11 is 0. The van der Waals surface area contributed by atoms with Crippen molar-refractivity contribution in [3.63, 3.8) is 0 Å². The number of amides is 2. The summed E-state index contributed by atoms with van der Waals surface area (Å²) in [6, 6.07) is 14.8. The van der Waals surface area contributed by atoms with Gasteiger partial charge in [0.15, 0.2) is 0 Å². The zero-order valence-electron chi connectivity index (χ0n) is 16.2. The van der Waals surface area contributed by atoms with E-state index in [0.717, 1.165) is 36.8 Å². The van der Waals surface area contributed by atoms with Crippen molar-refractivity contribution in [3.8, 4) is 0 Å². The molecule has 4 nitrogen and oxygen atoms in total. The summed E-state index contributed by atoms with van der Waals surface area (Å²) in [6.45, 7) is 8.73. The van der Waals surface area contributed by atoms with Gasteiger partial charge >= 0.3 is 0 Å².